The Morgan fingerprint density at radius 2 is 1.81 bits per heavy atom. The summed E-state index contributed by atoms with van der Waals surface area (Å²) in [5.41, 5.74) is 3.44. The van der Waals surface area contributed by atoms with E-state index in [0.717, 1.165) is 5.56 Å². The van der Waals surface area contributed by atoms with Crippen molar-refractivity contribution in [2.75, 3.05) is 13.1 Å². The molecule has 0 amide bonds. The van der Waals surface area contributed by atoms with Crippen LogP contribution in [0.25, 0.3) is 22.1 Å². The number of nitrogens with one attached hydrogen (secondary N) is 1. The van der Waals surface area contributed by atoms with Crippen molar-refractivity contribution in [3.05, 3.63) is 59.4 Å². The van der Waals surface area contributed by atoms with Crippen molar-refractivity contribution >= 4 is 43.8 Å². The van der Waals surface area contributed by atoms with E-state index in [1.165, 1.54) is 9.87 Å². The van der Waals surface area contributed by atoms with Gasteiger partial charge in [-0.05, 0) is 36.8 Å². The number of rotatable bonds is 6. The third-order valence-corrected chi connectivity index (χ3v) is 6.73. The molecule has 0 atom stereocenters. The Hall–Kier alpha value is -2.15. The molecule has 3 rings (SSSR count). The Kier molecular flexibility index (Phi) is 5.69. The average molecular weight is 404 g/mol. The molecule has 0 bridgehead atoms. The van der Waals surface area contributed by atoms with Gasteiger partial charge in [-0.1, -0.05) is 55.3 Å². The molecule has 2 aromatic carbocycles. The molecule has 7 heteroatoms. The van der Waals surface area contributed by atoms with Crippen molar-refractivity contribution in [3.8, 4) is 0 Å². The van der Waals surface area contributed by atoms with Crippen molar-refractivity contribution in [2.45, 2.75) is 25.7 Å². The van der Waals surface area contributed by atoms with E-state index in [9.17, 15) is 8.42 Å². The van der Waals surface area contributed by atoms with Crippen molar-refractivity contribution in [1.82, 2.24) is 14.3 Å². The predicted molar refractivity (Wildman–Crippen MR) is 111 cm³/mol. The van der Waals surface area contributed by atoms with Gasteiger partial charge in [-0.2, -0.15) is 4.31 Å². The molecule has 0 aliphatic rings. The van der Waals surface area contributed by atoms with Gasteiger partial charge in [0.1, 0.15) is 5.82 Å². The molecule has 0 radical (unpaired) electrons. The highest BCUT2D eigenvalue weighted by Gasteiger charge is 2.22. The van der Waals surface area contributed by atoms with Crippen LogP contribution in [0, 0.1) is 6.92 Å². The summed E-state index contributed by atoms with van der Waals surface area (Å²) in [7, 11) is -3.52. The van der Waals surface area contributed by atoms with E-state index in [-0.39, 0.29) is 4.90 Å². The maximum absolute atomic E-state index is 12.7. The molecular weight excluding hydrogens is 382 g/mol. The maximum Gasteiger partial charge on any atom is 0.243 e. The Bertz CT molecular complexity index is 1080. The minimum atomic E-state index is -3.52. The topological polar surface area (TPSA) is 66.1 Å². The van der Waals surface area contributed by atoms with Crippen LogP contribution in [-0.4, -0.2) is 35.8 Å². The summed E-state index contributed by atoms with van der Waals surface area (Å²) in [6.07, 6.45) is 1.83. The zero-order valence-corrected chi connectivity index (χ0v) is 17.1. The Morgan fingerprint density at radius 3 is 2.44 bits per heavy atom. The first-order chi connectivity index (χ1) is 12.8. The van der Waals surface area contributed by atoms with Crippen LogP contribution in [0.15, 0.2) is 47.4 Å². The predicted octanol–water partition coefficient (Wildman–Crippen LogP) is 4.64. The van der Waals surface area contributed by atoms with Crippen LogP contribution >= 0.6 is 11.6 Å². The van der Waals surface area contributed by atoms with Gasteiger partial charge in [0.15, 0.2) is 0 Å². The standard InChI is InChI=1S/C20H22ClN3O2S/c1-4-24(5-2)27(25,26)16-10-11-18-19(13-16)23-20(22-18)17(21)12-15-8-6-14(3)7-9-15/h6-13H,4-5H2,1-3H3,(H,22,23)/b17-12-. The number of halogens is 1. The van der Waals surface area contributed by atoms with Crippen molar-refractivity contribution in [3.63, 3.8) is 0 Å². The van der Waals surface area contributed by atoms with E-state index in [0.29, 0.717) is 35.0 Å². The molecule has 0 saturated heterocycles. The van der Waals surface area contributed by atoms with E-state index >= 15 is 0 Å². The number of hydrogen-bond donors (Lipinski definition) is 1. The van der Waals surface area contributed by atoms with Gasteiger partial charge < -0.3 is 4.98 Å². The Morgan fingerprint density at radius 1 is 1.15 bits per heavy atom. The van der Waals surface area contributed by atoms with E-state index in [1.807, 2.05) is 51.1 Å². The molecular formula is C20H22ClN3O2S. The number of aromatic amines is 1. The molecule has 1 heterocycles. The smallest absolute Gasteiger partial charge is 0.243 e. The zero-order chi connectivity index (χ0) is 19.6. The molecule has 0 saturated carbocycles. The second kappa shape index (κ2) is 7.84. The Labute approximate surface area is 164 Å². The largest absolute Gasteiger partial charge is 0.337 e. The maximum atomic E-state index is 12.7. The average Bonchev–Trinajstić information content (AvgIpc) is 3.08. The molecule has 27 heavy (non-hydrogen) atoms. The summed E-state index contributed by atoms with van der Waals surface area (Å²) in [4.78, 5) is 7.83. The van der Waals surface area contributed by atoms with Crippen LogP contribution < -0.4 is 0 Å². The lowest BCUT2D eigenvalue weighted by atomic mass is 10.1. The fourth-order valence-electron chi connectivity index (χ4n) is 2.85. The van der Waals surface area contributed by atoms with Gasteiger partial charge in [0.05, 0.1) is 21.0 Å². The summed E-state index contributed by atoms with van der Waals surface area (Å²) >= 11 is 6.42. The first kappa shape index (κ1) is 19.6. The molecule has 0 unspecified atom stereocenters. The quantitative estimate of drug-likeness (QED) is 0.652. The van der Waals surface area contributed by atoms with Crippen molar-refractivity contribution in [2.24, 2.45) is 0 Å². The molecule has 1 aromatic heterocycles. The molecule has 3 aromatic rings. The van der Waals surface area contributed by atoms with Crippen molar-refractivity contribution in [1.29, 1.82) is 0 Å². The van der Waals surface area contributed by atoms with E-state index in [4.69, 9.17) is 11.6 Å². The molecule has 142 valence electrons. The van der Waals surface area contributed by atoms with Gasteiger partial charge in [-0.15, -0.1) is 0 Å². The number of hydrogen-bond acceptors (Lipinski definition) is 3. The molecule has 5 nitrogen and oxygen atoms in total. The molecule has 0 aliphatic carbocycles. The highest BCUT2D eigenvalue weighted by atomic mass is 35.5. The van der Waals surface area contributed by atoms with Gasteiger partial charge in [-0.3, -0.25) is 0 Å². The number of benzene rings is 2. The summed E-state index contributed by atoms with van der Waals surface area (Å²) in [5.74, 6) is 0.504. The highest BCUT2D eigenvalue weighted by Crippen LogP contribution is 2.25. The van der Waals surface area contributed by atoms with Crippen LogP contribution in [0.5, 0.6) is 0 Å². The molecule has 0 aliphatic heterocycles. The number of imidazole rings is 1. The highest BCUT2D eigenvalue weighted by molar-refractivity contribution is 7.89. The van der Waals surface area contributed by atoms with Gasteiger partial charge in [-0.25, -0.2) is 13.4 Å². The van der Waals surface area contributed by atoms with Gasteiger partial charge in [0.25, 0.3) is 0 Å². The minimum Gasteiger partial charge on any atom is -0.337 e. The zero-order valence-electron chi connectivity index (χ0n) is 15.5. The van der Waals surface area contributed by atoms with Crippen LogP contribution in [0.4, 0.5) is 0 Å². The van der Waals surface area contributed by atoms with Gasteiger partial charge in [0, 0.05) is 13.1 Å². The fraction of sp³-hybridized carbons (Fsp3) is 0.250. The Balaban J connectivity index is 1.97. The first-order valence-electron chi connectivity index (χ1n) is 8.79. The number of sulfonamides is 1. The summed E-state index contributed by atoms with van der Waals surface area (Å²) in [5, 5.41) is 0.461. The van der Waals surface area contributed by atoms with E-state index in [2.05, 4.69) is 9.97 Å². The minimum absolute atomic E-state index is 0.243. The first-order valence-corrected chi connectivity index (χ1v) is 10.6. The third kappa shape index (κ3) is 4.08. The summed E-state index contributed by atoms with van der Waals surface area (Å²) in [6, 6.07) is 12.9. The SMILES string of the molecule is CCN(CC)S(=O)(=O)c1ccc2nc(/C(Cl)=C/c3ccc(C)cc3)[nH]c2c1. The fourth-order valence-corrected chi connectivity index (χ4v) is 4.55. The van der Waals surface area contributed by atoms with Gasteiger partial charge in [0.2, 0.25) is 10.0 Å². The number of aromatic nitrogens is 2. The van der Waals surface area contributed by atoms with Crippen LogP contribution in [0.2, 0.25) is 0 Å². The number of aryl methyl sites for hydroxylation is 1. The lowest BCUT2D eigenvalue weighted by Gasteiger charge is -2.18. The molecule has 1 N–H and O–H groups in total. The van der Waals surface area contributed by atoms with Gasteiger partial charge >= 0.3 is 0 Å². The lowest BCUT2D eigenvalue weighted by Crippen LogP contribution is -2.30. The number of nitrogens with zero attached hydrogens (tertiary/aromatic N) is 2. The molecule has 0 spiro atoms. The van der Waals surface area contributed by atoms with Crippen LogP contribution in [0.3, 0.4) is 0 Å². The third-order valence-electron chi connectivity index (χ3n) is 4.39. The second-order valence-corrected chi connectivity index (χ2v) is 8.60. The van der Waals surface area contributed by atoms with E-state index in [1.54, 1.807) is 18.2 Å². The number of fused-ring (bicyclic) bond motifs is 1. The number of H-pyrrole nitrogens is 1. The van der Waals surface area contributed by atoms with Crippen LogP contribution in [-0.2, 0) is 10.0 Å². The van der Waals surface area contributed by atoms with Crippen LogP contribution in [0.1, 0.15) is 30.8 Å². The second-order valence-electron chi connectivity index (χ2n) is 6.26. The molecule has 0 fully saturated rings. The van der Waals surface area contributed by atoms with E-state index < -0.39 is 10.0 Å². The lowest BCUT2D eigenvalue weighted by molar-refractivity contribution is 0.445. The monoisotopic (exact) mass is 403 g/mol. The van der Waals surface area contributed by atoms with Crippen molar-refractivity contribution < 1.29 is 8.42 Å². The summed E-state index contributed by atoms with van der Waals surface area (Å²) in [6.45, 7) is 6.53. The summed E-state index contributed by atoms with van der Waals surface area (Å²) < 4.78 is 26.8. The normalized spacial score (nSPS) is 12.9.